The van der Waals surface area contributed by atoms with E-state index >= 15 is 0 Å². The number of piperidine rings is 1. The Kier molecular flexibility index (Phi) is 3.07. The fraction of sp³-hybridized carbons (Fsp3) is 0.545. The maximum Gasteiger partial charge on any atom is 0.264 e. The maximum atomic E-state index is 12.1. The number of thiophene rings is 1. The smallest absolute Gasteiger partial charge is 0.264 e. The zero-order valence-electron chi connectivity index (χ0n) is 8.90. The molecule has 1 saturated heterocycles. The first kappa shape index (κ1) is 10.6. The number of aryl methyl sites for hydroxylation is 1. The summed E-state index contributed by atoms with van der Waals surface area (Å²) in [7, 11) is 0. The molecule has 1 atom stereocenters. The van der Waals surface area contributed by atoms with Gasteiger partial charge in [0.1, 0.15) is 0 Å². The van der Waals surface area contributed by atoms with E-state index in [0.717, 1.165) is 29.8 Å². The monoisotopic (exact) mass is 224 g/mol. The number of carbonyl (C=O) groups excluding carboxylic acids is 1. The van der Waals surface area contributed by atoms with Crippen molar-refractivity contribution in [1.29, 1.82) is 0 Å². The number of rotatable bonds is 1. The number of carbonyl (C=O) groups is 1. The van der Waals surface area contributed by atoms with Crippen LogP contribution < -0.4 is 5.73 Å². The fourth-order valence-electron chi connectivity index (χ4n) is 1.93. The van der Waals surface area contributed by atoms with E-state index < -0.39 is 0 Å². The maximum absolute atomic E-state index is 12.1. The summed E-state index contributed by atoms with van der Waals surface area (Å²) < 4.78 is 0. The van der Waals surface area contributed by atoms with Crippen LogP contribution in [-0.4, -0.2) is 29.9 Å². The summed E-state index contributed by atoms with van der Waals surface area (Å²) in [5.74, 6) is 0.151. The highest BCUT2D eigenvalue weighted by molar-refractivity contribution is 7.12. The molecule has 1 aliphatic heterocycles. The van der Waals surface area contributed by atoms with Gasteiger partial charge in [-0.1, -0.05) is 0 Å². The largest absolute Gasteiger partial charge is 0.336 e. The molecule has 0 unspecified atom stereocenters. The van der Waals surface area contributed by atoms with Crippen LogP contribution in [-0.2, 0) is 0 Å². The Morgan fingerprint density at radius 1 is 1.67 bits per heavy atom. The molecule has 0 radical (unpaired) electrons. The minimum absolute atomic E-state index is 0.151. The van der Waals surface area contributed by atoms with Gasteiger partial charge in [0, 0.05) is 19.1 Å². The minimum Gasteiger partial charge on any atom is -0.336 e. The first-order chi connectivity index (χ1) is 7.18. The highest BCUT2D eigenvalue weighted by Gasteiger charge is 2.23. The number of amides is 1. The topological polar surface area (TPSA) is 46.3 Å². The molecule has 1 amide bonds. The van der Waals surface area contributed by atoms with E-state index in [9.17, 15) is 4.79 Å². The van der Waals surface area contributed by atoms with Crippen molar-refractivity contribution in [3.63, 3.8) is 0 Å². The molecule has 0 aromatic carbocycles. The SMILES string of the molecule is Cc1ccsc1C(=O)N1CCC[C@@H](N)C1. The van der Waals surface area contributed by atoms with E-state index in [1.165, 1.54) is 11.3 Å². The number of likely N-dealkylation sites (tertiary alicyclic amines) is 1. The summed E-state index contributed by atoms with van der Waals surface area (Å²) in [5.41, 5.74) is 6.94. The molecule has 1 fully saturated rings. The highest BCUT2D eigenvalue weighted by Crippen LogP contribution is 2.20. The average molecular weight is 224 g/mol. The van der Waals surface area contributed by atoms with E-state index in [4.69, 9.17) is 5.73 Å². The lowest BCUT2D eigenvalue weighted by molar-refractivity contribution is 0.0713. The van der Waals surface area contributed by atoms with Crippen molar-refractivity contribution in [2.75, 3.05) is 13.1 Å². The van der Waals surface area contributed by atoms with E-state index in [1.54, 1.807) is 0 Å². The third kappa shape index (κ3) is 2.21. The second kappa shape index (κ2) is 4.33. The number of hydrogen-bond acceptors (Lipinski definition) is 3. The molecule has 0 saturated carbocycles. The quantitative estimate of drug-likeness (QED) is 0.788. The third-order valence-corrected chi connectivity index (χ3v) is 3.81. The van der Waals surface area contributed by atoms with Crippen LogP contribution in [0.15, 0.2) is 11.4 Å². The minimum atomic E-state index is 0.151. The van der Waals surface area contributed by atoms with Crippen LogP contribution in [0.3, 0.4) is 0 Å². The number of nitrogens with zero attached hydrogens (tertiary/aromatic N) is 1. The first-order valence-electron chi connectivity index (χ1n) is 5.27. The number of hydrogen-bond donors (Lipinski definition) is 1. The molecule has 0 bridgehead atoms. The third-order valence-electron chi connectivity index (χ3n) is 2.80. The van der Waals surface area contributed by atoms with E-state index in [0.29, 0.717) is 6.54 Å². The van der Waals surface area contributed by atoms with Gasteiger partial charge in [0.05, 0.1) is 4.88 Å². The van der Waals surface area contributed by atoms with Crippen LogP contribution in [0.25, 0.3) is 0 Å². The molecule has 1 aromatic rings. The summed E-state index contributed by atoms with van der Waals surface area (Å²) in [6.07, 6.45) is 2.06. The van der Waals surface area contributed by atoms with Gasteiger partial charge >= 0.3 is 0 Å². The van der Waals surface area contributed by atoms with Crippen molar-refractivity contribution in [1.82, 2.24) is 4.90 Å². The highest BCUT2D eigenvalue weighted by atomic mass is 32.1. The van der Waals surface area contributed by atoms with Crippen molar-refractivity contribution in [2.24, 2.45) is 5.73 Å². The van der Waals surface area contributed by atoms with Gasteiger partial charge in [0.25, 0.3) is 5.91 Å². The van der Waals surface area contributed by atoms with Gasteiger partial charge < -0.3 is 10.6 Å². The molecular weight excluding hydrogens is 208 g/mol. The molecule has 1 aromatic heterocycles. The van der Waals surface area contributed by atoms with Crippen molar-refractivity contribution >= 4 is 17.2 Å². The Bertz CT molecular complexity index is 361. The average Bonchev–Trinajstić information content (AvgIpc) is 2.63. The van der Waals surface area contributed by atoms with E-state index in [2.05, 4.69) is 0 Å². The Hall–Kier alpha value is -0.870. The molecule has 0 spiro atoms. The Balaban J connectivity index is 2.11. The predicted molar refractivity (Wildman–Crippen MR) is 62.2 cm³/mol. The van der Waals surface area contributed by atoms with Crippen LogP contribution in [0.2, 0.25) is 0 Å². The van der Waals surface area contributed by atoms with Crippen LogP contribution in [0.5, 0.6) is 0 Å². The summed E-state index contributed by atoms with van der Waals surface area (Å²) in [5, 5.41) is 1.96. The first-order valence-corrected chi connectivity index (χ1v) is 6.15. The Morgan fingerprint density at radius 3 is 3.07 bits per heavy atom. The molecule has 0 aliphatic carbocycles. The summed E-state index contributed by atoms with van der Waals surface area (Å²) >= 11 is 1.52. The summed E-state index contributed by atoms with van der Waals surface area (Å²) in [6.45, 7) is 3.54. The van der Waals surface area contributed by atoms with Gasteiger partial charge in [-0.05, 0) is 36.8 Å². The fourth-order valence-corrected chi connectivity index (χ4v) is 2.82. The van der Waals surface area contributed by atoms with Crippen LogP contribution in [0, 0.1) is 6.92 Å². The zero-order valence-corrected chi connectivity index (χ0v) is 9.72. The normalized spacial score (nSPS) is 21.7. The van der Waals surface area contributed by atoms with E-state index in [1.807, 2.05) is 23.3 Å². The predicted octanol–water partition coefficient (Wildman–Crippen LogP) is 1.62. The van der Waals surface area contributed by atoms with Crippen molar-refractivity contribution in [2.45, 2.75) is 25.8 Å². The molecule has 1 aliphatic rings. The summed E-state index contributed by atoms with van der Waals surface area (Å²) in [4.78, 5) is 14.9. The van der Waals surface area contributed by atoms with Crippen LogP contribution in [0.1, 0.15) is 28.1 Å². The lowest BCUT2D eigenvalue weighted by Crippen LogP contribution is -2.45. The standard InChI is InChI=1S/C11H16N2OS/c1-8-4-6-15-10(8)11(14)13-5-2-3-9(12)7-13/h4,6,9H,2-3,5,7,12H2,1H3/t9-/m1/s1. The van der Waals surface area contributed by atoms with Crippen molar-refractivity contribution in [3.8, 4) is 0 Å². The van der Waals surface area contributed by atoms with E-state index in [-0.39, 0.29) is 11.9 Å². The zero-order chi connectivity index (χ0) is 10.8. The second-order valence-electron chi connectivity index (χ2n) is 4.09. The Labute approximate surface area is 93.9 Å². The molecule has 82 valence electrons. The summed E-state index contributed by atoms with van der Waals surface area (Å²) in [6, 6.07) is 2.14. The van der Waals surface area contributed by atoms with Crippen molar-refractivity contribution < 1.29 is 4.79 Å². The van der Waals surface area contributed by atoms with Crippen LogP contribution >= 0.6 is 11.3 Å². The molecule has 3 nitrogen and oxygen atoms in total. The molecule has 4 heteroatoms. The molecule has 2 heterocycles. The van der Waals surface area contributed by atoms with Crippen LogP contribution in [0.4, 0.5) is 0 Å². The second-order valence-corrected chi connectivity index (χ2v) is 5.00. The Morgan fingerprint density at radius 2 is 2.47 bits per heavy atom. The number of nitrogens with two attached hydrogens (primary N) is 1. The lowest BCUT2D eigenvalue weighted by Gasteiger charge is -2.30. The molecule has 2 rings (SSSR count). The van der Waals surface area contributed by atoms with Gasteiger partial charge in [-0.2, -0.15) is 0 Å². The van der Waals surface area contributed by atoms with Gasteiger partial charge in [0.2, 0.25) is 0 Å². The van der Waals surface area contributed by atoms with Gasteiger partial charge in [-0.25, -0.2) is 0 Å². The van der Waals surface area contributed by atoms with Gasteiger partial charge in [0.15, 0.2) is 0 Å². The lowest BCUT2D eigenvalue weighted by atomic mass is 10.1. The van der Waals surface area contributed by atoms with Crippen molar-refractivity contribution in [3.05, 3.63) is 21.9 Å². The molecular formula is C11H16N2OS. The molecule has 2 N–H and O–H groups in total. The van der Waals surface area contributed by atoms with Gasteiger partial charge in [-0.15, -0.1) is 11.3 Å². The molecule has 15 heavy (non-hydrogen) atoms. The van der Waals surface area contributed by atoms with Gasteiger partial charge in [-0.3, -0.25) is 4.79 Å².